The number of amides is 3. The number of benzene rings is 2. The molecule has 0 spiro atoms. The van der Waals surface area contributed by atoms with Crippen LogP contribution in [-0.2, 0) is 11.4 Å². The molecule has 2 heterocycles. The first-order chi connectivity index (χ1) is 17.8. The Labute approximate surface area is 236 Å². The summed E-state index contributed by atoms with van der Waals surface area (Å²) >= 11 is 13.1. The third kappa shape index (κ3) is 6.61. The first-order valence-electron chi connectivity index (χ1n) is 11.3. The van der Waals surface area contributed by atoms with Crippen LogP contribution < -0.4 is 25.0 Å². The summed E-state index contributed by atoms with van der Waals surface area (Å²) < 4.78 is 13.0. The normalized spacial score (nSPS) is 10.4. The van der Waals surface area contributed by atoms with Gasteiger partial charge in [0.25, 0.3) is 0 Å². The van der Waals surface area contributed by atoms with Crippen molar-refractivity contribution in [3.63, 3.8) is 0 Å². The maximum Gasteiger partial charge on any atom is 0.319 e. The smallest absolute Gasteiger partial charge is 0.319 e. The summed E-state index contributed by atoms with van der Waals surface area (Å²) in [5.74, 6) is 0.792. The monoisotopic (exact) mass is 577 g/mol. The van der Waals surface area contributed by atoms with Gasteiger partial charge in [0.2, 0.25) is 5.91 Å². The Morgan fingerprint density at radius 1 is 1.13 bits per heavy atom. The molecule has 12 heteroatoms. The van der Waals surface area contributed by atoms with Gasteiger partial charge in [0.05, 0.1) is 30.1 Å². The van der Waals surface area contributed by atoms with E-state index in [1.807, 2.05) is 35.9 Å². The molecule has 0 unspecified atom stereocenters. The molecule has 0 bridgehead atoms. The minimum absolute atomic E-state index is 0. The summed E-state index contributed by atoms with van der Waals surface area (Å²) in [6.45, 7) is 1.72. The minimum Gasteiger partial charge on any atom is -0.497 e. The Kier molecular flexibility index (Phi) is 9.68. The van der Waals surface area contributed by atoms with Gasteiger partial charge in [-0.15, -0.1) is 12.4 Å². The lowest BCUT2D eigenvalue weighted by molar-refractivity contribution is -0.117. The predicted molar refractivity (Wildman–Crippen MR) is 151 cm³/mol. The summed E-state index contributed by atoms with van der Waals surface area (Å²) in [6, 6.07) is 13.3. The van der Waals surface area contributed by atoms with Gasteiger partial charge in [-0.3, -0.25) is 4.79 Å². The molecule has 0 aliphatic heterocycles. The van der Waals surface area contributed by atoms with E-state index < -0.39 is 6.03 Å². The lowest BCUT2D eigenvalue weighted by atomic mass is 10.2. The van der Waals surface area contributed by atoms with E-state index in [4.69, 9.17) is 32.7 Å². The van der Waals surface area contributed by atoms with Gasteiger partial charge < -0.3 is 29.4 Å². The van der Waals surface area contributed by atoms with Crippen LogP contribution in [-0.4, -0.2) is 42.0 Å². The van der Waals surface area contributed by atoms with Crippen molar-refractivity contribution in [2.45, 2.75) is 13.5 Å². The fourth-order valence-electron chi connectivity index (χ4n) is 3.63. The van der Waals surface area contributed by atoms with Crippen molar-refractivity contribution in [1.29, 1.82) is 0 Å². The van der Waals surface area contributed by atoms with Crippen molar-refractivity contribution < 1.29 is 19.1 Å². The first kappa shape index (κ1) is 28.9. The molecule has 0 saturated heterocycles. The van der Waals surface area contributed by atoms with Crippen molar-refractivity contribution in [3.8, 4) is 11.5 Å². The molecule has 38 heavy (non-hydrogen) atoms. The van der Waals surface area contributed by atoms with Crippen LogP contribution in [0.4, 0.5) is 16.2 Å². The number of nitrogens with one attached hydrogen (secondary N) is 2. The molecule has 0 aliphatic rings. The molecule has 0 radical (unpaired) electrons. The molecular formula is C26H26Cl3N5O4. The molecule has 200 valence electrons. The van der Waals surface area contributed by atoms with E-state index in [-0.39, 0.29) is 36.5 Å². The minimum atomic E-state index is -0.533. The van der Waals surface area contributed by atoms with Gasteiger partial charge in [-0.05, 0) is 43.3 Å². The summed E-state index contributed by atoms with van der Waals surface area (Å²) in [6.07, 6.45) is 3.78. The fraction of sp³-hybridized carbons (Fsp3) is 0.192. The summed E-state index contributed by atoms with van der Waals surface area (Å²) in [5, 5.41) is 5.88. The van der Waals surface area contributed by atoms with E-state index in [1.165, 1.54) is 12.0 Å². The Balaban J connectivity index is 0.00000400. The zero-order valence-electron chi connectivity index (χ0n) is 20.8. The van der Waals surface area contributed by atoms with Gasteiger partial charge in [-0.25, -0.2) is 9.78 Å². The zero-order chi connectivity index (χ0) is 26.5. The second-order valence-corrected chi connectivity index (χ2v) is 8.91. The van der Waals surface area contributed by atoms with Gasteiger partial charge in [0.1, 0.15) is 12.4 Å². The number of aromatic nitrogens is 2. The molecule has 0 atom stereocenters. The van der Waals surface area contributed by atoms with Crippen molar-refractivity contribution >= 4 is 64.6 Å². The van der Waals surface area contributed by atoms with Crippen LogP contribution >= 0.6 is 35.6 Å². The number of halogens is 3. The van der Waals surface area contributed by atoms with E-state index in [0.29, 0.717) is 39.1 Å². The van der Waals surface area contributed by atoms with E-state index in [2.05, 4.69) is 15.6 Å². The lowest BCUT2D eigenvalue weighted by Crippen LogP contribution is -2.40. The van der Waals surface area contributed by atoms with E-state index >= 15 is 0 Å². The number of anilines is 2. The van der Waals surface area contributed by atoms with Gasteiger partial charge in [0.15, 0.2) is 11.4 Å². The van der Waals surface area contributed by atoms with Crippen LogP contribution in [0.2, 0.25) is 10.0 Å². The molecule has 4 aromatic rings. The molecule has 2 N–H and O–H groups in total. The number of rotatable bonds is 8. The number of pyridine rings is 1. The van der Waals surface area contributed by atoms with Crippen LogP contribution in [0.5, 0.6) is 11.5 Å². The number of aryl methyl sites for hydroxylation is 1. The van der Waals surface area contributed by atoms with Gasteiger partial charge in [0, 0.05) is 41.8 Å². The van der Waals surface area contributed by atoms with Gasteiger partial charge in [-0.1, -0.05) is 29.3 Å². The number of fused-ring (bicyclic) bond motifs is 1. The maximum atomic E-state index is 12.8. The topological polar surface area (TPSA) is 97.2 Å². The quantitative estimate of drug-likeness (QED) is 0.278. The average molecular weight is 579 g/mol. The predicted octanol–water partition coefficient (Wildman–Crippen LogP) is 5.74. The number of carbonyl (C=O) groups excluding carboxylic acids is 2. The highest BCUT2D eigenvalue weighted by Gasteiger charge is 2.19. The van der Waals surface area contributed by atoms with Gasteiger partial charge >= 0.3 is 6.03 Å². The van der Waals surface area contributed by atoms with Crippen molar-refractivity contribution in [2.24, 2.45) is 0 Å². The van der Waals surface area contributed by atoms with Gasteiger partial charge in [-0.2, -0.15) is 0 Å². The first-order valence-corrected chi connectivity index (χ1v) is 12.0. The molecule has 0 aliphatic carbocycles. The third-order valence-corrected chi connectivity index (χ3v) is 6.34. The number of urea groups is 1. The number of ether oxygens (including phenoxy) is 2. The number of nitrogens with zero attached hydrogens (tertiary/aromatic N) is 3. The molecule has 9 nitrogen and oxygen atoms in total. The number of hydrogen-bond donors (Lipinski definition) is 2. The second kappa shape index (κ2) is 12.7. The molecule has 4 rings (SSSR count). The highest BCUT2D eigenvalue weighted by molar-refractivity contribution is 6.38. The molecule has 2 aromatic carbocycles. The van der Waals surface area contributed by atoms with Crippen molar-refractivity contribution in [1.82, 2.24) is 14.7 Å². The Morgan fingerprint density at radius 3 is 2.68 bits per heavy atom. The van der Waals surface area contributed by atoms with Crippen LogP contribution in [0.15, 0.2) is 60.9 Å². The standard InChI is InChI=1S/C26H25Cl2N5O4.ClH/c1-16-14-33-11-5-8-22(25(33)30-16)37-15-19-20(27)9-10-21(24(19)28)32(2)23(34)13-29-26(35)31-17-6-4-7-18(12-17)36-3;/h4-12,14H,13,15H2,1-3H3,(H2,29,31,35);1H. The molecule has 0 saturated carbocycles. The van der Waals surface area contributed by atoms with E-state index in [0.717, 1.165) is 5.69 Å². The summed E-state index contributed by atoms with van der Waals surface area (Å²) in [5.41, 5.74) is 3.02. The van der Waals surface area contributed by atoms with Crippen molar-refractivity contribution in [3.05, 3.63) is 82.2 Å². The lowest BCUT2D eigenvalue weighted by Gasteiger charge is -2.21. The van der Waals surface area contributed by atoms with Crippen LogP contribution in [0.1, 0.15) is 11.3 Å². The third-order valence-electron chi connectivity index (χ3n) is 5.57. The van der Waals surface area contributed by atoms with Crippen molar-refractivity contribution in [2.75, 3.05) is 30.9 Å². The molecular weight excluding hydrogens is 553 g/mol. The summed E-state index contributed by atoms with van der Waals surface area (Å²) in [4.78, 5) is 30.9. The number of methoxy groups -OCH3 is 1. The fourth-order valence-corrected chi connectivity index (χ4v) is 4.24. The number of imidazole rings is 1. The van der Waals surface area contributed by atoms with Crippen LogP contribution in [0.25, 0.3) is 5.65 Å². The largest absolute Gasteiger partial charge is 0.497 e. The SMILES string of the molecule is COc1cccc(NC(=O)NCC(=O)N(C)c2ccc(Cl)c(COc3cccn4cc(C)nc34)c2Cl)c1.Cl. The Bertz CT molecular complexity index is 1460. The maximum absolute atomic E-state index is 12.8. The Morgan fingerprint density at radius 2 is 1.92 bits per heavy atom. The molecule has 2 aromatic heterocycles. The van der Waals surface area contributed by atoms with Crippen LogP contribution in [0.3, 0.4) is 0 Å². The molecule has 3 amide bonds. The highest BCUT2D eigenvalue weighted by Crippen LogP contribution is 2.35. The molecule has 0 fully saturated rings. The number of likely N-dealkylation sites (N-methyl/N-ethyl adjacent to an activating group) is 1. The number of carbonyl (C=O) groups is 2. The van der Waals surface area contributed by atoms with E-state index in [1.54, 1.807) is 43.4 Å². The zero-order valence-corrected chi connectivity index (χ0v) is 23.2. The summed E-state index contributed by atoms with van der Waals surface area (Å²) in [7, 11) is 3.10. The Hall–Kier alpha value is -3.66. The second-order valence-electron chi connectivity index (χ2n) is 8.13. The highest BCUT2D eigenvalue weighted by atomic mass is 35.5. The average Bonchev–Trinajstić information content (AvgIpc) is 3.28. The number of hydrogen-bond acceptors (Lipinski definition) is 5. The van der Waals surface area contributed by atoms with E-state index in [9.17, 15) is 9.59 Å². The van der Waals surface area contributed by atoms with Crippen LogP contribution in [0, 0.1) is 6.92 Å².